The van der Waals surface area contributed by atoms with Crippen LogP contribution in [-0.4, -0.2) is 16.8 Å². The second kappa shape index (κ2) is 7.36. The minimum Gasteiger partial charge on any atom is -0.322 e. The number of nitrogens with one attached hydrogen (secondary N) is 2. The summed E-state index contributed by atoms with van der Waals surface area (Å²) in [7, 11) is 0. The fraction of sp³-hybridized carbons (Fsp3) is 0.318. The van der Waals surface area contributed by atoms with Gasteiger partial charge in [-0.15, -0.1) is 0 Å². The molecule has 3 aromatic rings. The molecule has 0 aliphatic heterocycles. The zero-order chi connectivity index (χ0) is 19.8. The van der Waals surface area contributed by atoms with Crippen molar-refractivity contribution in [1.29, 1.82) is 0 Å². The van der Waals surface area contributed by atoms with Crippen molar-refractivity contribution in [3.05, 3.63) is 52.6 Å². The monoisotopic (exact) mass is 393 g/mol. The molecular formula is C22H23N3O2S. The van der Waals surface area contributed by atoms with Gasteiger partial charge < -0.3 is 10.6 Å². The van der Waals surface area contributed by atoms with Gasteiger partial charge in [-0.1, -0.05) is 35.5 Å². The van der Waals surface area contributed by atoms with Crippen LogP contribution in [0, 0.1) is 26.7 Å². The van der Waals surface area contributed by atoms with Crippen LogP contribution in [0.5, 0.6) is 0 Å². The third-order valence-electron chi connectivity index (χ3n) is 5.27. The molecule has 1 saturated carbocycles. The first-order valence-corrected chi connectivity index (χ1v) is 10.3. The molecule has 1 heterocycles. The van der Waals surface area contributed by atoms with Crippen molar-refractivity contribution in [2.24, 2.45) is 5.92 Å². The number of aromatic nitrogens is 1. The van der Waals surface area contributed by atoms with Crippen LogP contribution in [0.25, 0.3) is 10.2 Å². The number of hydrogen-bond donors (Lipinski definition) is 2. The van der Waals surface area contributed by atoms with Crippen LogP contribution in [0.1, 0.15) is 46.3 Å². The van der Waals surface area contributed by atoms with Gasteiger partial charge in [0.1, 0.15) is 0 Å². The van der Waals surface area contributed by atoms with Crippen LogP contribution in [0.15, 0.2) is 30.3 Å². The van der Waals surface area contributed by atoms with Crippen molar-refractivity contribution in [3.63, 3.8) is 0 Å². The number of aryl methyl sites for hydroxylation is 3. The van der Waals surface area contributed by atoms with Gasteiger partial charge in [-0.3, -0.25) is 9.59 Å². The fourth-order valence-corrected chi connectivity index (χ4v) is 4.47. The third-order valence-corrected chi connectivity index (χ3v) is 6.21. The van der Waals surface area contributed by atoms with E-state index in [1.54, 1.807) is 6.07 Å². The summed E-state index contributed by atoms with van der Waals surface area (Å²) in [6, 6.07) is 9.56. The highest BCUT2D eigenvalue weighted by Crippen LogP contribution is 2.31. The quantitative estimate of drug-likeness (QED) is 0.639. The smallest absolute Gasteiger partial charge is 0.255 e. The van der Waals surface area contributed by atoms with Crippen molar-refractivity contribution in [2.75, 3.05) is 10.6 Å². The number of amides is 2. The average Bonchev–Trinajstić information content (AvgIpc) is 2.97. The number of rotatable bonds is 4. The van der Waals surface area contributed by atoms with Gasteiger partial charge in [0.2, 0.25) is 5.91 Å². The number of anilines is 2. The Labute approximate surface area is 168 Å². The van der Waals surface area contributed by atoms with E-state index in [2.05, 4.69) is 27.8 Å². The summed E-state index contributed by atoms with van der Waals surface area (Å²) in [5.41, 5.74) is 5.49. The first-order chi connectivity index (χ1) is 13.4. The molecule has 144 valence electrons. The number of hydrogen-bond acceptors (Lipinski definition) is 4. The van der Waals surface area contributed by atoms with Gasteiger partial charge in [0.15, 0.2) is 5.13 Å². The topological polar surface area (TPSA) is 71.1 Å². The zero-order valence-corrected chi connectivity index (χ0v) is 17.1. The van der Waals surface area contributed by atoms with Crippen molar-refractivity contribution >= 4 is 44.2 Å². The number of thiazole rings is 1. The zero-order valence-electron chi connectivity index (χ0n) is 16.3. The number of carbonyl (C=O) groups excluding carboxylic acids is 2. The molecule has 5 nitrogen and oxygen atoms in total. The number of benzene rings is 2. The second-order valence-electron chi connectivity index (χ2n) is 7.55. The normalized spacial score (nSPS) is 14.0. The lowest BCUT2D eigenvalue weighted by atomic mass is 9.85. The maximum Gasteiger partial charge on any atom is 0.255 e. The lowest BCUT2D eigenvalue weighted by Gasteiger charge is -2.23. The molecule has 0 bridgehead atoms. The van der Waals surface area contributed by atoms with E-state index in [1.807, 2.05) is 32.9 Å². The Kier molecular flexibility index (Phi) is 4.89. The van der Waals surface area contributed by atoms with Crippen LogP contribution in [0.2, 0.25) is 0 Å². The summed E-state index contributed by atoms with van der Waals surface area (Å²) in [5.74, 6) is 0.0216. The average molecular weight is 394 g/mol. The minimum atomic E-state index is -0.148. The Bertz CT molecular complexity index is 1060. The molecule has 1 aliphatic carbocycles. The van der Waals surface area contributed by atoms with Gasteiger partial charge in [0.25, 0.3) is 5.91 Å². The fourth-order valence-electron chi connectivity index (χ4n) is 3.56. The molecule has 1 fully saturated rings. The minimum absolute atomic E-state index is 0.0496. The molecule has 1 aromatic heterocycles. The third kappa shape index (κ3) is 3.64. The largest absolute Gasteiger partial charge is 0.322 e. The molecule has 28 heavy (non-hydrogen) atoms. The standard InChI is InChI=1S/C22H23N3O2S/c1-12-9-13(2)19(14(3)10-12)24-21(27)16-7-8-17-18(11-16)28-22(23-17)25-20(26)15-5-4-6-15/h7-11,15H,4-6H2,1-3H3,(H,24,27)(H,23,25,26). The van der Waals surface area contributed by atoms with Crippen LogP contribution in [0.3, 0.4) is 0 Å². The Morgan fingerprint density at radius 3 is 2.39 bits per heavy atom. The van der Waals surface area contributed by atoms with Gasteiger partial charge in [-0.05, 0) is 62.9 Å². The summed E-state index contributed by atoms with van der Waals surface area (Å²) in [4.78, 5) is 29.4. The number of nitrogens with zero attached hydrogens (tertiary/aromatic N) is 1. The van der Waals surface area contributed by atoms with Crippen LogP contribution in [-0.2, 0) is 4.79 Å². The van der Waals surface area contributed by atoms with Crippen LogP contribution in [0.4, 0.5) is 10.8 Å². The summed E-state index contributed by atoms with van der Waals surface area (Å²) >= 11 is 1.40. The maximum absolute atomic E-state index is 12.8. The molecule has 0 saturated heterocycles. The number of fused-ring (bicyclic) bond motifs is 1. The molecule has 0 spiro atoms. The SMILES string of the molecule is Cc1cc(C)c(NC(=O)c2ccc3nc(NC(=O)C4CCC4)sc3c2)c(C)c1. The van der Waals surface area contributed by atoms with Crippen LogP contribution >= 0.6 is 11.3 Å². The Morgan fingerprint density at radius 1 is 1.04 bits per heavy atom. The first-order valence-electron chi connectivity index (χ1n) is 9.51. The molecule has 2 N–H and O–H groups in total. The lowest BCUT2D eigenvalue weighted by Crippen LogP contribution is -2.27. The van der Waals surface area contributed by atoms with Crippen LogP contribution < -0.4 is 10.6 Å². The van der Waals surface area contributed by atoms with E-state index < -0.39 is 0 Å². The highest BCUT2D eigenvalue weighted by molar-refractivity contribution is 7.22. The molecule has 4 rings (SSSR count). The van der Waals surface area contributed by atoms with E-state index in [0.717, 1.165) is 46.3 Å². The molecule has 2 amide bonds. The molecule has 2 aromatic carbocycles. The Morgan fingerprint density at radius 2 is 1.75 bits per heavy atom. The maximum atomic E-state index is 12.8. The van der Waals surface area contributed by atoms with Crippen molar-refractivity contribution in [1.82, 2.24) is 4.98 Å². The summed E-state index contributed by atoms with van der Waals surface area (Å²) in [6.45, 7) is 6.04. The molecule has 0 atom stereocenters. The van der Waals surface area contributed by atoms with E-state index >= 15 is 0 Å². The predicted octanol–water partition coefficient (Wildman–Crippen LogP) is 5.21. The predicted molar refractivity (Wildman–Crippen MR) is 114 cm³/mol. The van der Waals surface area contributed by atoms with Gasteiger partial charge in [0.05, 0.1) is 10.2 Å². The Hall–Kier alpha value is -2.73. The highest BCUT2D eigenvalue weighted by atomic mass is 32.1. The van der Waals surface area contributed by atoms with Crippen molar-refractivity contribution in [2.45, 2.75) is 40.0 Å². The summed E-state index contributed by atoms with van der Waals surface area (Å²) in [5, 5.41) is 6.53. The van der Waals surface area contributed by atoms with E-state index in [4.69, 9.17) is 0 Å². The van der Waals surface area contributed by atoms with Crippen molar-refractivity contribution in [3.8, 4) is 0 Å². The van der Waals surface area contributed by atoms with E-state index in [-0.39, 0.29) is 17.7 Å². The highest BCUT2D eigenvalue weighted by Gasteiger charge is 2.26. The van der Waals surface area contributed by atoms with E-state index in [1.165, 1.54) is 16.9 Å². The van der Waals surface area contributed by atoms with Gasteiger partial charge in [-0.25, -0.2) is 4.98 Å². The van der Waals surface area contributed by atoms with Gasteiger partial charge in [0, 0.05) is 17.2 Å². The number of carbonyl (C=O) groups is 2. The second-order valence-corrected chi connectivity index (χ2v) is 8.58. The molecule has 0 unspecified atom stereocenters. The molecule has 6 heteroatoms. The molecule has 0 radical (unpaired) electrons. The molecular weight excluding hydrogens is 370 g/mol. The summed E-state index contributed by atoms with van der Waals surface area (Å²) < 4.78 is 0.883. The molecule has 1 aliphatic rings. The van der Waals surface area contributed by atoms with Crippen molar-refractivity contribution < 1.29 is 9.59 Å². The van der Waals surface area contributed by atoms with Gasteiger partial charge in [-0.2, -0.15) is 0 Å². The van der Waals surface area contributed by atoms with Gasteiger partial charge >= 0.3 is 0 Å². The van der Waals surface area contributed by atoms with E-state index in [9.17, 15) is 9.59 Å². The summed E-state index contributed by atoms with van der Waals surface area (Å²) in [6.07, 6.45) is 3.04. The van der Waals surface area contributed by atoms with E-state index in [0.29, 0.717) is 10.7 Å². The first kappa shape index (κ1) is 18.6. The lowest BCUT2D eigenvalue weighted by molar-refractivity contribution is -0.122. The Balaban J connectivity index is 1.54.